The molecule has 15 heavy (non-hydrogen) atoms. The van der Waals surface area contributed by atoms with Gasteiger partial charge in [0.15, 0.2) is 0 Å². The molecule has 86 valence electrons. The molecule has 0 saturated heterocycles. The SMILES string of the molecule is CCCC/C=C/CCC/C=C/CCC=O. The molecule has 0 atom stereocenters. The molecule has 1 heteroatoms. The molecule has 0 fully saturated rings. The quantitative estimate of drug-likeness (QED) is 0.295. The predicted octanol–water partition coefficient (Wildman–Crippen LogP) is 4.44. The summed E-state index contributed by atoms with van der Waals surface area (Å²) in [5.41, 5.74) is 0. The van der Waals surface area contributed by atoms with E-state index in [1.165, 1.54) is 32.1 Å². The molecule has 0 aliphatic heterocycles. The van der Waals surface area contributed by atoms with Crippen LogP contribution in [0.15, 0.2) is 24.3 Å². The molecule has 0 bridgehead atoms. The van der Waals surface area contributed by atoms with Gasteiger partial charge >= 0.3 is 0 Å². The summed E-state index contributed by atoms with van der Waals surface area (Å²) in [5, 5.41) is 0. The average Bonchev–Trinajstić information content (AvgIpc) is 2.26. The average molecular weight is 208 g/mol. The topological polar surface area (TPSA) is 17.1 Å². The summed E-state index contributed by atoms with van der Waals surface area (Å²) in [6.07, 6.45) is 18.8. The van der Waals surface area contributed by atoms with E-state index < -0.39 is 0 Å². The van der Waals surface area contributed by atoms with Crippen LogP contribution in [0, 0.1) is 0 Å². The molecule has 0 amide bonds. The highest BCUT2D eigenvalue weighted by Gasteiger charge is 1.82. The lowest BCUT2D eigenvalue weighted by molar-refractivity contribution is -0.107. The third kappa shape index (κ3) is 13.2. The standard InChI is InChI=1S/C14H24O/c1-2-3-4-5-6-7-8-9-10-11-12-13-14-15/h5-6,10-11,14H,2-4,7-9,12-13H2,1H3/b6-5+,11-10+. The van der Waals surface area contributed by atoms with E-state index in [2.05, 4.69) is 31.2 Å². The highest BCUT2D eigenvalue weighted by atomic mass is 16.1. The number of rotatable bonds is 10. The van der Waals surface area contributed by atoms with Crippen molar-refractivity contribution in [3.63, 3.8) is 0 Å². The van der Waals surface area contributed by atoms with E-state index in [4.69, 9.17) is 0 Å². The number of allylic oxidation sites excluding steroid dienone is 4. The van der Waals surface area contributed by atoms with Crippen LogP contribution in [0.5, 0.6) is 0 Å². The van der Waals surface area contributed by atoms with Crippen molar-refractivity contribution >= 4 is 6.29 Å². The van der Waals surface area contributed by atoms with Gasteiger partial charge in [0, 0.05) is 6.42 Å². The van der Waals surface area contributed by atoms with E-state index >= 15 is 0 Å². The minimum absolute atomic E-state index is 0.660. The Morgan fingerprint density at radius 1 is 0.733 bits per heavy atom. The molecule has 0 aromatic heterocycles. The first-order chi connectivity index (χ1) is 7.41. The predicted molar refractivity (Wildman–Crippen MR) is 67.0 cm³/mol. The molecule has 0 unspecified atom stereocenters. The fraction of sp³-hybridized carbons (Fsp3) is 0.643. The molecule has 0 N–H and O–H groups in total. The number of carbonyl (C=O) groups excluding carboxylic acids is 1. The van der Waals surface area contributed by atoms with Gasteiger partial charge in [-0.25, -0.2) is 0 Å². The monoisotopic (exact) mass is 208 g/mol. The van der Waals surface area contributed by atoms with E-state index in [1.807, 2.05) is 0 Å². The molecule has 0 aromatic carbocycles. The normalized spacial score (nSPS) is 11.5. The molecular weight excluding hydrogens is 184 g/mol. The van der Waals surface area contributed by atoms with Crippen molar-refractivity contribution in [2.24, 2.45) is 0 Å². The highest BCUT2D eigenvalue weighted by Crippen LogP contribution is 2.01. The third-order valence-electron chi connectivity index (χ3n) is 2.25. The van der Waals surface area contributed by atoms with Crippen molar-refractivity contribution in [1.82, 2.24) is 0 Å². The Morgan fingerprint density at radius 3 is 1.80 bits per heavy atom. The molecule has 0 radical (unpaired) electrons. The Labute approximate surface area is 94.3 Å². The van der Waals surface area contributed by atoms with E-state index in [0.29, 0.717) is 6.42 Å². The number of carbonyl (C=O) groups is 1. The Hall–Kier alpha value is -0.850. The molecular formula is C14H24O. The van der Waals surface area contributed by atoms with Gasteiger partial charge < -0.3 is 4.79 Å². The summed E-state index contributed by atoms with van der Waals surface area (Å²) in [6.45, 7) is 2.22. The van der Waals surface area contributed by atoms with Crippen molar-refractivity contribution in [2.45, 2.75) is 58.3 Å². The molecule has 0 saturated carbocycles. The van der Waals surface area contributed by atoms with Crippen molar-refractivity contribution < 1.29 is 4.79 Å². The Kier molecular flexibility index (Phi) is 12.4. The van der Waals surface area contributed by atoms with Gasteiger partial charge in [0.2, 0.25) is 0 Å². The minimum atomic E-state index is 0.660. The second-order valence-corrected chi connectivity index (χ2v) is 3.76. The Balaban J connectivity index is 3.13. The molecule has 0 rings (SSSR count). The van der Waals surface area contributed by atoms with Gasteiger partial charge in [0.25, 0.3) is 0 Å². The maximum atomic E-state index is 10.0. The van der Waals surface area contributed by atoms with Gasteiger partial charge in [-0.3, -0.25) is 0 Å². The van der Waals surface area contributed by atoms with Gasteiger partial charge in [0.05, 0.1) is 0 Å². The van der Waals surface area contributed by atoms with Crippen molar-refractivity contribution in [3.8, 4) is 0 Å². The zero-order valence-electron chi connectivity index (χ0n) is 9.95. The lowest BCUT2D eigenvalue weighted by atomic mass is 10.2. The van der Waals surface area contributed by atoms with Gasteiger partial charge in [0.1, 0.15) is 6.29 Å². The third-order valence-corrected chi connectivity index (χ3v) is 2.25. The van der Waals surface area contributed by atoms with Crippen molar-refractivity contribution in [2.75, 3.05) is 0 Å². The van der Waals surface area contributed by atoms with Crippen LogP contribution in [0.1, 0.15) is 58.3 Å². The zero-order chi connectivity index (χ0) is 11.2. The van der Waals surface area contributed by atoms with Gasteiger partial charge in [-0.2, -0.15) is 0 Å². The first kappa shape index (κ1) is 14.2. The summed E-state index contributed by atoms with van der Waals surface area (Å²) < 4.78 is 0. The highest BCUT2D eigenvalue weighted by molar-refractivity contribution is 5.49. The van der Waals surface area contributed by atoms with Crippen molar-refractivity contribution in [3.05, 3.63) is 24.3 Å². The molecule has 0 aromatic rings. The largest absolute Gasteiger partial charge is 0.303 e. The number of unbranched alkanes of at least 4 members (excludes halogenated alkanes) is 5. The van der Waals surface area contributed by atoms with Crippen LogP contribution in [0.25, 0.3) is 0 Å². The van der Waals surface area contributed by atoms with Crippen LogP contribution in [-0.2, 0) is 4.79 Å². The van der Waals surface area contributed by atoms with E-state index in [1.54, 1.807) is 0 Å². The number of hydrogen-bond acceptors (Lipinski definition) is 1. The van der Waals surface area contributed by atoms with E-state index in [0.717, 1.165) is 19.1 Å². The summed E-state index contributed by atoms with van der Waals surface area (Å²) in [7, 11) is 0. The van der Waals surface area contributed by atoms with Crippen LogP contribution >= 0.6 is 0 Å². The molecule has 0 aliphatic rings. The van der Waals surface area contributed by atoms with Crippen LogP contribution in [0.3, 0.4) is 0 Å². The maximum absolute atomic E-state index is 10.0. The second kappa shape index (κ2) is 13.2. The van der Waals surface area contributed by atoms with Gasteiger partial charge in [-0.15, -0.1) is 0 Å². The summed E-state index contributed by atoms with van der Waals surface area (Å²) in [4.78, 5) is 10.0. The van der Waals surface area contributed by atoms with Crippen LogP contribution in [-0.4, -0.2) is 6.29 Å². The smallest absolute Gasteiger partial charge is 0.120 e. The molecule has 0 heterocycles. The molecule has 1 nitrogen and oxygen atoms in total. The fourth-order valence-electron chi connectivity index (χ4n) is 1.31. The van der Waals surface area contributed by atoms with Gasteiger partial charge in [-0.1, -0.05) is 44.1 Å². The number of aldehydes is 1. The van der Waals surface area contributed by atoms with E-state index in [9.17, 15) is 4.79 Å². The zero-order valence-corrected chi connectivity index (χ0v) is 9.95. The number of hydrogen-bond donors (Lipinski definition) is 0. The fourth-order valence-corrected chi connectivity index (χ4v) is 1.31. The Bertz CT molecular complexity index is 180. The first-order valence-corrected chi connectivity index (χ1v) is 6.15. The minimum Gasteiger partial charge on any atom is -0.303 e. The van der Waals surface area contributed by atoms with Crippen molar-refractivity contribution in [1.29, 1.82) is 0 Å². The van der Waals surface area contributed by atoms with E-state index in [-0.39, 0.29) is 0 Å². The summed E-state index contributed by atoms with van der Waals surface area (Å²) in [6, 6.07) is 0. The Morgan fingerprint density at radius 2 is 1.27 bits per heavy atom. The first-order valence-electron chi connectivity index (χ1n) is 6.15. The summed E-state index contributed by atoms with van der Waals surface area (Å²) in [5.74, 6) is 0. The van der Waals surface area contributed by atoms with Crippen LogP contribution in [0.2, 0.25) is 0 Å². The van der Waals surface area contributed by atoms with Crippen LogP contribution in [0.4, 0.5) is 0 Å². The summed E-state index contributed by atoms with van der Waals surface area (Å²) >= 11 is 0. The molecule has 0 spiro atoms. The lowest BCUT2D eigenvalue weighted by Crippen LogP contribution is -1.73. The van der Waals surface area contributed by atoms with Gasteiger partial charge in [-0.05, 0) is 32.1 Å². The van der Waals surface area contributed by atoms with Crippen LogP contribution < -0.4 is 0 Å². The maximum Gasteiger partial charge on any atom is 0.120 e. The second-order valence-electron chi connectivity index (χ2n) is 3.76. The lowest BCUT2D eigenvalue weighted by Gasteiger charge is -1.91. The molecule has 0 aliphatic carbocycles.